The second-order valence-electron chi connectivity index (χ2n) is 5.41. The number of carbonyl (C=O) groups excluding carboxylic acids is 2. The van der Waals surface area contributed by atoms with Gasteiger partial charge in [-0.1, -0.05) is 18.6 Å². The van der Waals surface area contributed by atoms with Crippen LogP contribution in [-0.2, 0) is 16.1 Å². The SMILES string of the molecule is O=C1C2CCCC2C(=O)N1Cc1cccc([N+](=O)[O-])c1F. The van der Waals surface area contributed by atoms with E-state index in [1.807, 2.05) is 0 Å². The molecule has 7 heteroatoms. The molecule has 0 spiro atoms. The highest BCUT2D eigenvalue weighted by Crippen LogP contribution is 2.40. The molecule has 6 nitrogen and oxygen atoms in total. The molecule has 1 aromatic carbocycles. The molecule has 2 atom stereocenters. The van der Waals surface area contributed by atoms with Crippen molar-refractivity contribution in [2.45, 2.75) is 25.8 Å². The number of benzene rings is 1. The molecular formula is C14H13FN2O4. The van der Waals surface area contributed by atoms with E-state index in [0.29, 0.717) is 12.8 Å². The molecule has 2 amide bonds. The van der Waals surface area contributed by atoms with Crippen molar-refractivity contribution in [3.8, 4) is 0 Å². The number of nitrogens with zero attached hydrogens (tertiary/aromatic N) is 2. The summed E-state index contributed by atoms with van der Waals surface area (Å²) in [6.45, 7) is -0.238. The van der Waals surface area contributed by atoms with Crippen LogP contribution in [0.3, 0.4) is 0 Å². The zero-order valence-corrected chi connectivity index (χ0v) is 11.1. The molecule has 110 valence electrons. The summed E-state index contributed by atoms with van der Waals surface area (Å²) in [6.07, 6.45) is 2.22. The van der Waals surface area contributed by atoms with Gasteiger partial charge in [0.25, 0.3) is 0 Å². The number of halogens is 1. The minimum atomic E-state index is -0.986. The van der Waals surface area contributed by atoms with E-state index in [4.69, 9.17) is 0 Å². The van der Waals surface area contributed by atoms with Gasteiger partial charge in [-0.05, 0) is 12.8 Å². The largest absolute Gasteiger partial charge is 0.305 e. The molecule has 3 rings (SSSR count). The Balaban J connectivity index is 1.88. The number of hydrogen-bond acceptors (Lipinski definition) is 4. The van der Waals surface area contributed by atoms with Gasteiger partial charge < -0.3 is 0 Å². The van der Waals surface area contributed by atoms with Crippen LogP contribution in [0.25, 0.3) is 0 Å². The minimum absolute atomic E-state index is 0.00845. The molecule has 2 aliphatic rings. The van der Waals surface area contributed by atoms with Crippen LogP contribution in [0.2, 0.25) is 0 Å². The number of likely N-dealkylation sites (tertiary alicyclic amines) is 1. The van der Waals surface area contributed by atoms with Crippen molar-refractivity contribution in [1.29, 1.82) is 0 Å². The fourth-order valence-electron chi connectivity index (χ4n) is 3.22. The second-order valence-corrected chi connectivity index (χ2v) is 5.41. The van der Waals surface area contributed by atoms with Gasteiger partial charge in [-0.15, -0.1) is 0 Å². The fourth-order valence-corrected chi connectivity index (χ4v) is 3.22. The quantitative estimate of drug-likeness (QED) is 0.485. The van der Waals surface area contributed by atoms with Crippen LogP contribution in [-0.4, -0.2) is 21.6 Å². The van der Waals surface area contributed by atoms with Gasteiger partial charge in [0, 0.05) is 11.6 Å². The molecule has 21 heavy (non-hydrogen) atoms. The van der Waals surface area contributed by atoms with E-state index < -0.39 is 16.4 Å². The first-order chi connectivity index (χ1) is 10.0. The zero-order valence-electron chi connectivity index (χ0n) is 11.1. The van der Waals surface area contributed by atoms with E-state index in [2.05, 4.69) is 0 Å². The highest BCUT2D eigenvalue weighted by atomic mass is 19.1. The monoisotopic (exact) mass is 292 g/mol. The summed E-state index contributed by atoms with van der Waals surface area (Å²) in [5.41, 5.74) is -0.655. The number of imide groups is 1. The van der Waals surface area contributed by atoms with Gasteiger partial charge in [0.05, 0.1) is 23.3 Å². The van der Waals surface area contributed by atoms with E-state index in [1.165, 1.54) is 12.1 Å². The van der Waals surface area contributed by atoms with Gasteiger partial charge >= 0.3 is 5.69 Å². The molecular weight excluding hydrogens is 279 g/mol. The lowest BCUT2D eigenvalue weighted by Gasteiger charge is -2.16. The van der Waals surface area contributed by atoms with E-state index in [1.54, 1.807) is 0 Å². The van der Waals surface area contributed by atoms with Crippen LogP contribution >= 0.6 is 0 Å². The maximum absolute atomic E-state index is 14.0. The third-order valence-electron chi connectivity index (χ3n) is 4.27. The Morgan fingerprint density at radius 3 is 2.43 bits per heavy atom. The summed E-state index contributed by atoms with van der Waals surface area (Å²) in [5.74, 6) is -2.14. The lowest BCUT2D eigenvalue weighted by Crippen LogP contribution is -2.31. The van der Waals surface area contributed by atoms with Crippen molar-refractivity contribution in [2.24, 2.45) is 11.8 Å². The Hall–Kier alpha value is -2.31. The first-order valence-corrected chi connectivity index (χ1v) is 6.77. The van der Waals surface area contributed by atoms with E-state index >= 15 is 0 Å². The van der Waals surface area contributed by atoms with E-state index in [9.17, 15) is 24.1 Å². The Morgan fingerprint density at radius 2 is 1.86 bits per heavy atom. The average molecular weight is 292 g/mol. The minimum Gasteiger partial charge on any atom is -0.277 e. The molecule has 2 unspecified atom stereocenters. The number of nitro benzene ring substituents is 1. The molecule has 0 N–H and O–H groups in total. The predicted octanol–water partition coefficient (Wildman–Crippen LogP) is 2.02. The number of hydrogen-bond donors (Lipinski definition) is 0. The van der Waals surface area contributed by atoms with Crippen LogP contribution in [0.5, 0.6) is 0 Å². The van der Waals surface area contributed by atoms with Crippen molar-refractivity contribution in [3.63, 3.8) is 0 Å². The normalized spacial score (nSPS) is 24.5. The molecule has 0 radical (unpaired) electrons. The van der Waals surface area contributed by atoms with Crippen molar-refractivity contribution in [3.05, 3.63) is 39.7 Å². The summed E-state index contributed by atoms with van der Waals surface area (Å²) in [4.78, 5) is 35.3. The first-order valence-electron chi connectivity index (χ1n) is 6.77. The highest BCUT2D eigenvalue weighted by molar-refractivity contribution is 6.05. The van der Waals surface area contributed by atoms with E-state index in [-0.39, 0.29) is 35.8 Å². The van der Waals surface area contributed by atoms with Crippen LogP contribution in [0.4, 0.5) is 10.1 Å². The molecule has 1 aliphatic heterocycles. The maximum atomic E-state index is 14.0. The molecule has 1 aromatic rings. The molecule has 1 saturated heterocycles. The number of carbonyl (C=O) groups is 2. The lowest BCUT2D eigenvalue weighted by atomic mass is 10.00. The average Bonchev–Trinajstić information content (AvgIpc) is 3.00. The summed E-state index contributed by atoms with van der Waals surface area (Å²) in [7, 11) is 0. The van der Waals surface area contributed by atoms with Crippen molar-refractivity contribution in [1.82, 2.24) is 4.90 Å². The molecule has 1 saturated carbocycles. The van der Waals surface area contributed by atoms with E-state index in [0.717, 1.165) is 17.4 Å². The Bertz CT molecular complexity index is 624. The summed E-state index contributed by atoms with van der Waals surface area (Å²) >= 11 is 0. The number of amides is 2. The summed E-state index contributed by atoms with van der Waals surface area (Å²) < 4.78 is 14.0. The number of nitro groups is 1. The summed E-state index contributed by atoms with van der Waals surface area (Å²) in [5, 5.41) is 10.7. The molecule has 2 fully saturated rings. The zero-order chi connectivity index (χ0) is 15.1. The van der Waals surface area contributed by atoms with Crippen LogP contribution in [0.1, 0.15) is 24.8 Å². The molecule has 1 heterocycles. The van der Waals surface area contributed by atoms with Crippen molar-refractivity contribution < 1.29 is 18.9 Å². The second kappa shape index (κ2) is 4.91. The molecule has 0 aromatic heterocycles. The van der Waals surface area contributed by atoms with Crippen LogP contribution in [0.15, 0.2) is 18.2 Å². The Labute approximate surface area is 119 Å². The van der Waals surface area contributed by atoms with Gasteiger partial charge in [0.15, 0.2) is 0 Å². The third kappa shape index (κ3) is 2.09. The lowest BCUT2D eigenvalue weighted by molar-refractivity contribution is -0.387. The van der Waals surface area contributed by atoms with Crippen molar-refractivity contribution in [2.75, 3.05) is 0 Å². The van der Waals surface area contributed by atoms with Crippen LogP contribution in [0, 0.1) is 27.8 Å². The number of fused-ring (bicyclic) bond motifs is 1. The summed E-state index contributed by atoms with van der Waals surface area (Å²) in [6, 6.07) is 3.76. The van der Waals surface area contributed by atoms with Gasteiger partial charge in [-0.2, -0.15) is 4.39 Å². The third-order valence-corrected chi connectivity index (χ3v) is 4.27. The topological polar surface area (TPSA) is 80.5 Å². The van der Waals surface area contributed by atoms with Crippen molar-refractivity contribution >= 4 is 17.5 Å². The maximum Gasteiger partial charge on any atom is 0.305 e. The molecule has 1 aliphatic carbocycles. The fraction of sp³-hybridized carbons (Fsp3) is 0.429. The first kappa shape index (κ1) is 13.7. The predicted molar refractivity (Wildman–Crippen MR) is 69.4 cm³/mol. The Kier molecular flexibility index (Phi) is 3.19. The van der Waals surface area contributed by atoms with Gasteiger partial charge in [-0.3, -0.25) is 24.6 Å². The number of rotatable bonds is 3. The van der Waals surface area contributed by atoms with Gasteiger partial charge in [-0.25, -0.2) is 0 Å². The van der Waals surface area contributed by atoms with Gasteiger partial charge in [0.1, 0.15) is 0 Å². The van der Waals surface area contributed by atoms with Gasteiger partial charge in [0.2, 0.25) is 17.6 Å². The smallest absolute Gasteiger partial charge is 0.277 e. The van der Waals surface area contributed by atoms with Crippen LogP contribution < -0.4 is 0 Å². The highest BCUT2D eigenvalue weighted by Gasteiger charge is 2.49. The standard InChI is InChI=1S/C14H13FN2O4/c15-12-8(3-1-6-11(12)17(20)21)7-16-13(18)9-4-2-5-10(9)14(16)19/h1,3,6,9-10H,2,4-5,7H2. The Morgan fingerprint density at radius 1 is 1.24 bits per heavy atom. The molecule has 0 bridgehead atoms.